The molecule has 0 unspecified atom stereocenters. The minimum Gasteiger partial charge on any atom is -0.293 e. The van der Waals surface area contributed by atoms with Crippen molar-refractivity contribution in [3.8, 4) is 0 Å². The van der Waals surface area contributed by atoms with Crippen molar-refractivity contribution in [2.45, 2.75) is 40.7 Å². The van der Waals surface area contributed by atoms with Crippen LogP contribution in [0.25, 0.3) is 0 Å². The Labute approximate surface area is 109 Å². The highest BCUT2D eigenvalue weighted by Crippen LogP contribution is 2.16. The van der Waals surface area contributed by atoms with Crippen LogP contribution in [-0.2, 0) is 0 Å². The lowest BCUT2D eigenvalue weighted by molar-refractivity contribution is 0.0897. The van der Waals surface area contributed by atoms with Crippen LogP contribution in [0, 0.1) is 12.8 Å². The van der Waals surface area contributed by atoms with Crippen LogP contribution in [0.15, 0.2) is 12.1 Å². The normalized spacial score (nSPS) is 11.8. The first kappa shape index (κ1) is 14.4. The number of thiophene rings is 1. The zero-order valence-electron chi connectivity index (χ0n) is 11.5. The molecule has 3 heteroatoms. The van der Waals surface area contributed by atoms with Gasteiger partial charge in [-0.25, -0.2) is 0 Å². The molecule has 17 heavy (non-hydrogen) atoms. The number of hydrogen-bond acceptors (Lipinski definition) is 3. The summed E-state index contributed by atoms with van der Waals surface area (Å²) in [4.78, 5) is 16.5. The van der Waals surface area contributed by atoms with Crippen LogP contribution in [-0.4, -0.2) is 29.8 Å². The van der Waals surface area contributed by atoms with Crippen LogP contribution in [0.5, 0.6) is 0 Å². The number of rotatable bonds is 6. The Morgan fingerprint density at radius 2 is 1.94 bits per heavy atom. The number of ketones is 1. The van der Waals surface area contributed by atoms with Gasteiger partial charge in [0.05, 0.1) is 11.4 Å². The second kappa shape index (κ2) is 6.31. The molecule has 0 radical (unpaired) electrons. The van der Waals surface area contributed by atoms with Crippen molar-refractivity contribution in [1.29, 1.82) is 0 Å². The van der Waals surface area contributed by atoms with Crippen molar-refractivity contribution in [3.05, 3.63) is 21.9 Å². The Bertz CT molecular complexity index is 368. The van der Waals surface area contributed by atoms with Gasteiger partial charge in [0, 0.05) is 17.5 Å². The maximum Gasteiger partial charge on any atom is 0.186 e. The molecular formula is C14H23NOS. The third kappa shape index (κ3) is 4.60. The van der Waals surface area contributed by atoms with Crippen LogP contribution >= 0.6 is 11.3 Å². The molecule has 0 atom stereocenters. The van der Waals surface area contributed by atoms with Crippen LogP contribution in [0.3, 0.4) is 0 Å². The monoisotopic (exact) mass is 253 g/mol. The van der Waals surface area contributed by atoms with E-state index >= 15 is 0 Å². The molecule has 0 bridgehead atoms. The Morgan fingerprint density at radius 1 is 1.29 bits per heavy atom. The SMILES string of the molecule is Cc1ccc(C(=O)CN(CC(C)C)C(C)C)s1. The summed E-state index contributed by atoms with van der Waals surface area (Å²) in [6.45, 7) is 12.2. The zero-order valence-corrected chi connectivity index (χ0v) is 12.3. The van der Waals surface area contributed by atoms with E-state index in [1.807, 2.05) is 19.1 Å². The van der Waals surface area contributed by atoms with E-state index in [4.69, 9.17) is 0 Å². The van der Waals surface area contributed by atoms with Crippen molar-refractivity contribution in [1.82, 2.24) is 4.90 Å². The van der Waals surface area contributed by atoms with E-state index in [-0.39, 0.29) is 5.78 Å². The summed E-state index contributed by atoms with van der Waals surface area (Å²) < 4.78 is 0. The summed E-state index contributed by atoms with van der Waals surface area (Å²) in [6, 6.07) is 4.37. The van der Waals surface area contributed by atoms with Crippen LogP contribution in [0.2, 0.25) is 0 Å². The third-order valence-corrected chi connectivity index (χ3v) is 3.73. The van der Waals surface area contributed by atoms with Gasteiger partial charge in [-0.3, -0.25) is 9.69 Å². The lowest BCUT2D eigenvalue weighted by atomic mass is 10.1. The minimum atomic E-state index is 0.248. The topological polar surface area (TPSA) is 20.3 Å². The van der Waals surface area contributed by atoms with E-state index in [2.05, 4.69) is 32.6 Å². The maximum atomic E-state index is 12.1. The molecule has 1 aromatic rings. The summed E-state index contributed by atoms with van der Waals surface area (Å²) in [5.41, 5.74) is 0. The quantitative estimate of drug-likeness (QED) is 0.722. The Kier molecular flexibility index (Phi) is 5.34. The van der Waals surface area contributed by atoms with Gasteiger partial charge in [-0.1, -0.05) is 13.8 Å². The van der Waals surface area contributed by atoms with Crippen molar-refractivity contribution in [3.63, 3.8) is 0 Å². The lowest BCUT2D eigenvalue weighted by Crippen LogP contribution is -2.38. The first-order valence-electron chi connectivity index (χ1n) is 6.23. The van der Waals surface area contributed by atoms with Crippen molar-refractivity contribution < 1.29 is 4.79 Å². The van der Waals surface area contributed by atoms with Gasteiger partial charge in [-0.2, -0.15) is 0 Å². The number of hydrogen-bond donors (Lipinski definition) is 0. The molecule has 0 aromatic carbocycles. The number of Topliss-reactive ketones (excluding diaryl/α,β-unsaturated/α-hetero) is 1. The fourth-order valence-corrected chi connectivity index (χ4v) is 2.57. The molecule has 0 fully saturated rings. The zero-order chi connectivity index (χ0) is 13.0. The van der Waals surface area contributed by atoms with E-state index in [1.54, 1.807) is 11.3 Å². The smallest absolute Gasteiger partial charge is 0.186 e. The number of carbonyl (C=O) groups is 1. The predicted molar refractivity (Wildman–Crippen MR) is 74.9 cm³/mol. The summed E-state index contributed by atoms with van der Waals surface area (Å²) in [6.07, 6.45) is 0. The van der Waals surface area contributed by atoms with Gasteiger partial charge in [0.15, 0.2) is 5.78 Å². The van der Waals surface area contributed by atoms with Gasteiger partial charge >= 0.3 is 0 Å². The minimum absolute atomic E-state index is 0.248. The van der Waals surface area contributed by atoms with Gasteiger partial charge in [0.2, 0.25) is 0 Å². The highest BCUT2D eigenvalue weighted by atomic mass is 32.1. The second-order valence-electron chi connectivity index (χ2n) is 5.25. The van der Waals surface area contributed by atoms with Gasteiger partial charge < -0.3 is 0 Å². The first-order chi connectivity index (χ1) is 7.90. The molecule has 0 aliphatic heterocycles. The first-order valence-corrected chi connectivity index (χ1v) is 7.05. The Balaban J connectivity index is 2.64. The fraction of sp³-hybridized carbons (Fsp3) is 0.643. The Hall–Kier alpha value is -0.670. The highest BCUT2D eigenvalue weighted by Gasteiger charge is 2.17. The molecule has 2 nitrogen and oxygen atoms in total. The van der Waals surface area contributed by atoms with E-state index in [0.717, 1.165) is 11.4 Å². The van der Waals surface area contributed by atoms with E-state index < -0.39 is 0 Å². The van der Waals surface area contributed by atoms with E-state index in [0.29, 0.717) is 18.5 Å². The number of aryl methyl sites for hydroxylation is 1. The van der Waals surface area contributed by atoms with Gasteiger partial charge in [-0.05, 0) is 38.8 Å². The van der Waals surface area contributed by atoms with E-state index in [1.165, 1.54) is 4.88 Å². The highest BCUT2D eigenvalue weighted by molar-refractivity contribution is 7.14. The second-order valence-corrected chi connectivity index (χ2v) is 6.54. The van der Waals surface area contributed by atoms with Gasteiger partial charge in [-0.15, -0.1) is 11.3 Å². The van der Waals surface area contributed by atoms with Gasteiger partial charge in [0.1, 0.15) is 0 Å². The lowest BCUT2D eigenvalue weighted by Gasteiger charge is -2.27. The molecule has 0 aliphatic carbocycles. The Morgan fingerprint density at radius 3 is 2.35 bits per heavy atom. The standard InChI is InChI=1S/C14H23NOS/c1-10(2)8-15(11(3)4)9-13(16)14-7-6-12(5)17-14/h6-7,10-11H,8-9H2,1-5H3. The number of carbonyl (C=O) groups excluding carboxylic acids is 1. The summed E-state index contributed by atoms with van der Waals surface area (Å²) in [5, 5.41) is 0. The molecule has 96 valence electrons. The average molecular weight is 253 g/mol. The molecule has 0 aliphatic rings. The predicted octanol–water partition coefficient (Wildman–Crippen LogP) is 3.61. The van der Waals surface area contributed by atoms with E-state index in [9.17, 15) is 4.79 Å². The summed E-state index contributed by atoms with van der Waals surface area (Å²) in [5.74, 6) is 0.840. The summed E-state index contributed by atoms with van der Waals surface area (Å²) in [7, 11) is 0. The maximum absolute atomic E-state index is 12.1. The molecule has 0 spiro atoms. The van der Waals surface area contributed by atoms with Crippen molar-refractivity contribution in [2.24, 2.45) is 5.92 Å². The van der Waals surface area contributed by atoms with Crippen LogP contribution in [0.4, 0.5) is 0 Å². The number of nitrogens with zero attached hydrogens (tertiary/aromatic N) is 1. The van der Waals surface area contributed by atoms with Crippen molar-refractivity contribution >= 4 is 17.1 Å². The summed E-state index contributed by atoms with van der Waals surface area (Å²) >= 11 is 1.59. The molecule has 1 aromatic heterocycles. The molecule has 0 saturated heterocycles. The molecule has 1 rings (SSSR count). The molecule has 0 N–H and O–H groups in total. The molecule has 0 amide bonds. The average Bonchev–Trinajstić information content (AvgIpc) is 2.63. The molecular weight excluding hydrogens is 230 g/mol. The third-order valence-electron chi connectivity index (χ3n) is 2.69. The molecule has 0 saturated carbocycles. The van der Waals surface area contributed by atoms with Crippen molar-refractivity contribution in [2.75, 3.05) is 13.1 Å². The van der Waals surface area contributed by atoms with Crippen LogP contribution in [0.1, 0.15) is 42.2 Å². The van der Waals surface area contributed by atoms with Crippen LogP contribution < -0.4 is 0 Å². The largest absolute Gasteiger partial charge is 0.293 e. The van der Waals surface area contributed by atoms with Gasteiger partial charge in [0.25, 0.3) is 0 Å². The fourth-order valence-electron chi connectivity index (χ4n) is 1.77. The molecule has 1 heterocycles.